The van der Waals surface area contributed by atoms with E-state index in [0.29, 0.717) is 6.10 Å². The summed E-state index contributed by atoms with van der Waals surface area (Å²) in [6.45, 7) is 3.45. The van der Waals surface area contributed by atoms with Gasteiger partial charge in [0.05, 0.1) is 11.7 Å². The second-order valence-electron chi connectivity index (χ2n) is 8.97. The number of benzene rings is 1. The first-order chi connectivity index (χ1) is 15.3. The molecule has 2 fully saturated rings. The molecule has 7 heteroatoms. The number of thioether (sulfide) groups is 1. The fourth-order valence-corrected chi connectivity index (χ4v) is 6.19. The van der Waals surface area contributed by atoms with Gasteiger partial charge in [0.25, 0.3) is 5.91 Å². The average Bonchev–Trinajstić information content (AvgIpc) is 3.42. The summed E-state index contributed by atoms with van der Waals surface area (Å²) in [5.74, 6) is 3.57. The zero-order chi connectivity index (χ0) is 21.0. The van der Waals surface area contributed by atoms with E-state index in [4.69, 9.17) is 4.74 Å². The van der Waals surface area contributed by atoms with Crippen molar-refractivity contribution < 1.29 is 9.53 Å². The van der Waals surface area contributed by atoms with Gasteiger partial charge < -0.3 is 14.2 Å². The number of amides is 1. The normalized spacial score (nSPS) is 24.1. The molecule has 2 aromatic rings. The van der Waals surface area contributed by atoms with Crippen molar-refractivity contribution in [3.63, 3.8) is 0 Å². The van der Waals surface area contributed by atoms with Crippen molar-refractivity contribution in [3.8, 4) is 0 Å². The van der Waals surface area contributed by atoms with Crippen LogP contribution < -0.4 is 0 Å². The molecule has 5 rings (SSSR count). The van der Waals surface area contributed by atoms with E-state index in [9.17, 15) is 4.79 Å². The van der Waals surface area contributed by atoms with Gasteiger partial charge in [0.2, 0.25) is 0 Å². The molecule has 2 atom stereocenters. The number of aryl methyl sites for hydroxylation is 1. The van der Waals surface area contributed by atoms with Crippen LogP contribution in [0.4, 0.5) is 0 Å². The zero-order valence-corrected chi connectivity index (χ0v) is 19.0. The third kappa shape index (κ3) is 4.67. The van der Waals surface area contributed by atoms with Gasteiger partial charge in [-0.25, -0.2) is 0 Å². The fourth-order valence-electron chi connectivity index (χ4n) is 5.08. The number of piperidine rings is 1. The minimum absolute atomic E-state index is 0.149. The molecule has 0 N–H and O–H groups in total. The molecule has 2 saturated heterocycles. The van der Waals surface area contributed by atoms with Crippen LogP contribution in [-0.2, 0) is 17.7 Å². The number of hydrogen-bond acceptors (Lipinski definition) is 5. The van der Waals surface area contributed by atoms with E-state index in [0.717, 1.165) is 86.2 Å². The number of rotatable bonds is 5. The minimum atomic E-state index is 0.149. The second kappa shape index (κ2) is 9.74. The fraction of sp³-hybridized carbons (Fsp3) is 0.625. The van der Waals surface area contributed by atoms with Crippen molar-refractivity contribution in [2.24, 2.45) is 0 Å². The van der Waals surface area contributed by atoms with Crippen molar-refractivity contribution in [1.82, 2.24) is 19.7 Å². The Kier molecular flexibility index (Phi) is 6.60. The van der Waals surface area contributed by atoms with Gasteiger partial charge in [-0.05, 0) is 50.7 Å². The molecule has 1 aromatic carbocycles. The predicted octanol–water partition coefficient (Wildman–Crippen LogP) is 4.30. The molecule has 0 saturated carbocycles. The summed E-state index contributed by atoms with van der Waals surface area (Å²) in [6, 6.07) is 8.06. The molecule has 0 spiro atoms. The maximum absolute atomic E-state index is 13.5. The van der Waals surface area contributed by atoms with Gasteiger partial charge >= 0.3 is 0 Å². The standard InChI is InChI=1S/C24H32N4O2S/c29-24(20-10-3-4-11-21(20)31-17-19-9-7-15-30-19)27-13-6-8-18(16-27)23-26-25-22-12-2-1-5-14-28(22)23/h3-4,10-11,18-19H,1-2,5-9,12-17H2. The highest BCUT2D eigenvalue weighted by atomic mass is 32.2. The van der Waals surface area contributed by atoms with E-state index in [1.165, 1.54) is 19.3 Å². The molecule has 3 aliphatic rings. The van der Waals surface area contributed by atoms with Crippen molar-refractivity contribution in [2.75, 3.05) is 25.4 Å². The maximum atomic E-state index is 13.5. The topological polar surface area (TPSA) is 60.2 Å². The molecule has 6 nitrogen and oxygen atoms in total. The number of aromatic nitrogens is 3. The SMILES string of the molecule is O=C(c1ccccc1SCC1CCCO1)N1CCCC(c2nnc3n2CCCCC3)C1. The Balaban J connectivity index is 1.30. The first-order valence-corrected chi connectivity index (χ1v) is 12.8. The lowest BCUT2D eigenvalue weighted by Gasteiger charge is -2.33. The Morgan fingerprint density at radius 3 is 2.90 bits per heavy atom. The highest BCUT2D eigenvalue weighted by Crippen LogP contribution is 2.31. The van der Waals surface area contributed by atoms with Gasteiger partial charge in [0.15, 0.2) is 0 Å². The highest BCUT2D eigenvalue weighted by Gasteiger charge is 2.30. The average molecular weight is 441 g/mol. The summed E-state index contributed by atoms with van der Waals surface area (Å²) in [7, 11) is 0. The summed E-state index contributed by atoms with van der Waals surface area (Å²) < 4.78 is 8.11. The lowest BCUT2D eigenvalue weighted by molar-refractivity contribution is 0.0699. The van der Waals surface area contributed by atoms with Crippen LogP contribution in [0.3, 0.4) is 0 Å². The van der Waals surface area contributed by atoms with Gasteiger partial charge in [0, 0.05) is 49.2 Å². The number of carbonyl (C=O) groups excluding carboxylic acids is 1. The molecule has 1 aromatic heterocycles. The number of fused-ring (bicyclic) bond motifs is 1. The predicted molar refractivity (Wildman–Crippen MR) is 122 cm³/mol. The van der Waals surface area contributed by atoms with Crippen LogP contribution in [0.1, 0.15) is 72.9 Å². The molecule has 1 amide bonds. The van der Waals surface area contributed by atoms with E-state index in [-0.39, 0.29) is 11.8 Å². The summed E-state index contributed by atoms with van der Waals surface area (Å²) in [6.07, 6.45) is 9.37. The van der Waals surface area contributed by atoms with E-state index in [2.05, 4.69) is 20.8 Å². The molecule has 0 radical (unpaired) electrons. The van der Waals surface area contributed by atoms with Gasteiger partial charge in [-0.15, -0.1) is 22.0 Å². The van der Waals surface area contributed by atoms with E-state index < -0.39 is 0 Å². The summed E-state index contributed by atoms with van der Waals surface area (Å²) in [4.78, 5) is 16.6. The smallest absolute Gasteiger partial charge is 0.255 e. The van der Waals surface area contributed by atoms with Gasteiger partial charge in [0.1, 0.15) is 11.6 Å². The third-order valence-electron chi connectivity index (χ3n) is 6.78. The van der Waals surface area contributed by atoms with Gasteiger partial charge in [-0.1, -0.05) is 18.6 Å². The Hall–Kier alpha value is -1.86. The number of nitrogens with zero attached hydrogens (tertiary/aromatic N) is 4. The van der Waals surface area contributed by atoms with Crippen molar-refractivity contribution in [1.29, 1.82) is 0 Å². The van der Waals surface area contributed by atoms with Crippen LogP contribution in [0.2, 0.25) is 0 Å². The first kappa shape index (κ1) is 21.0. The summed E-state index contributed by atoms with van der Waals surface area (Å²) >= 11 is 1.76. The molecule has 2 unspecified atom stereocenters. The first-order valence-electron chi connectivity index (χ1n) is 11.8. The number of ether oxygens (including phenoxy) is 1. The van der Waals surface area contributed by atoms with Crippen LogP contribution in [0.25, 0.3) is 0 Å². The van der Waals surface area contributed by atoms with Crippen LogP contribution in [0.15, 0.2) is 29.2 Å². The molecule has 3 aliphatic heterocycles. The number of carbonyl (C=O) groups is 1. The Labute approximate surface area is 188 Å². The quantitative estimate of drug-likeness (QED) is 0.649. The monoisotopic (exact) mass is 440 g/mol. The summed E-state index contributed by atoms with van der Waals surface area (Å²) in [5.41, 5.74) is 0.825. The Morgan fingerprint density at radius 1 is 1.06 bits per heavy atom. The Bertz CT molecular complexity index is 909. The van der Waals surface area contributed by atoms with Crippen LogP contribution in [0, 0.1) is 0 Å². The van der Waals surface area contributed by atoms with E-state index in [1.54, 1.807) is 11.8 Å². The van der Waals surface area contributed by atoms with Crippen LogP contribution in [-0.4, -0.2) is 57.1 Å². The van der Waals surface area contributed by atoms with Crippen LogP contribution in [0.5, 0.6) is 0 Å². The van der Waals surface area contributed by atoms with Gasteiger partial charge in [-0.2, -0.15) is 0 Å². The van der Waals surface area contributed by atoms with Crippen molar-refractivity contribution in [3.05, 3.63) is 41.5 Å². The molecule has 4 heterocycles. The molecule has 31 heavy (non-hydrogen) atoms. The molecular weight excluding hydrogens is 408 g/mol. The second-order valence-corrected chi connectivity index (χ2v) is 10.0. The van der Waals surface area contributed by atoms with Crippen molar-refractivity contribution >= 4 is 17.7 Å². The highest BCUT2D eigenvalue weighted by molar-refractivity contribution is 7.99. The minimum Gasteiger partial charge on any atom is -0.377 e. The van der Waals surface area contributed by atoms with E-state index in [1.807, 2.05) is 23.1 Å². The summed E-state index contributed by atoms with van der Waals surface area (Å²) in [5, 5.41) is 9.07. The largest absolute Gasteiger partial charge is 0.377 e. The van der Waals surface area contributed by atoms with Crippen molar-refractivity contribution in [2.45, 2.75) is 74.8 Å². The molecule has 166 valence electrons. The third-order valence-corrected chi connectivity index (χ3v) is 7.98. The lowest BCUT2D eigenvalue weighted by Crippen LogP contribution is -2.40. The number of likely N-dealkylation sites (tertiary alicyclic amines) is 1. The number of hydrogen-bond donors (Lipinski definition) is 0. The molecule has 0 aliphatic carbocycles. The zero-order valence-electron chi connectivity index (χ0n) is 18.2. The molecular formula is C24H32N4O2S. The molecule has 0 bridgehead atoms. The Morgan fingerprint density at radius 2 is 2.00 bits per heavy atom. The lowest BCUT2D eigenvalue weighted by atomic mass is 9.96. The van der Waals surface area contributed by atoms with Crippen LogP contribution >= 0.6 is 11.8 Å². The maximum Gasteiger partial charge on any atom is 0.255 e. The van der Waals surface area contributed by atoms with Gasteiger partial charge in [-0.3, -0.25) is 4.79 Å². The van der Waals surface area contributed by atoms with E-state index >= 15 is 0 Å².